The Morgan fingerprint density at radius 1 is 1.10 bits per heavy atom. The average molecular weight is 268 g/mol. The minimum Gasteiger partial charge on any atom is -0.411 e. The van der Waals surface area contributed by atoms with Crippen LogP contribution in [0, 0.1) is 6.92 Å². The summed E-state index contributed by atoms with van der Waals surface area (Å²) in [7, 11) is 0. The fraction of sp³-hybridized carbons (Fsp3) is 0.125. The van der Waals surface area contributed by atoms with Crippen LogP contribution in [-0.2, 0) is 0 Å². The zero-order valence-corrected chi connectivity index (χ0v) is 11.4. The summed E-state index contributed by atoms with van der Waals surface area (Å²) in [4.78, 5) is 12.1. The van der Waals surface area contributed by atoms with Crippen LogP contribution in [0.25, 0.3) is 0 Å². The molecule has 0 aliphatic heterocycles. The van der Waals surface area contributed by atoms with Gasteiger partial charge in [0.25, 0.3) is 5.91 Å². The van der Waals surface area contributed by atoms with Gasteiger partial charge in [0.05, 0.1) is 5.71 Å². The standard InChI is InChI=1S/C16H16N2O2/c1-11-5-3-7-14(9-11)16(19)17-15-8-4-6-13(10-15)12(2)18-20/h3-10,20H,1-2H3,(H,17,19)/b18-12+. The number of anilines is 1. The molecular formula is C16H16N2O2. The van der Waals surface area contributed by atoms with Crippen LogP contribution >= 0.6 is 0 Å². The van der Waals surface area contributed by atoms with E-state index >= 15 is 0 Å². The van der Waals surface area contributed by atoms with Gasteiger partial charge in [-0.3, -0.25) is 4.79 Å². The highest BCUT2D eigenvalue weighted by Gasteiger charge is 2.07. The minimum atomic E-state index is -0.163. The van der Waals surface area contributed by atoms with E-state index in [-0.39, 0.29) is 5.91 Å². The van der Waals surface area contributed by atoms with Crippen molar-refractivity contribution in [3.63, 3.8) is 0 Å². The number of hydrogen-bond donors (Lipinski definition) is 2. The van der Waals surface area contributed by atoms with Crippen molar-refractivity contribution < 1.29 is 10.0 Å². The van der Waals surface area contributed by atoms with Gasteiger partial charge >= 0.3 is 0 Å². The lowest BCUT2D eigenvalue weighted by molar-refractivity contribution is 0.102. The first-order valence-corrected chi connectivity index (χ1v) is 6.27. The molecule has 1 amide bonds. The van der Waals surface area contributed by atoms with E-state index in [0.717, 1.165) is 11.1 Å². The Labute approximate surface area is 117 Å². The number of carbonyl (C=O) groups is 1. The number of oxime groups is 1. The van der Waals surface area contributed by atoms with E-state index in [2.05, 4.69) is 10.5 Å². The molecule has 0 bridgehead atoms. The number of nitrogens with zero attached hydrogens (tertiary/aromatic N) is 1. The number of hydrogen-bond acceptors (Lipinski definition) is 3. The van der Waals surface area contributed by atoms with E-state index < -0.39 is 0 Å². The highest BCUT2D eigenvalue weighted by Crippen LogP contribution is 2.13. The minimum absolute atomic E-state index is 0.163. The van der Waals surface area contributed by atoms with E-state index in [1.54, 1.807) is 31.2 Å². The second-order valence-electron chi connectivity index (χ2n) is 4.59. The molecule has 102 valence electrons. The van der Waals surface area contributed by atoms with Crippen LogP contribution in [0.3, 0.4) is 0 Å². The number of benzene rings is 2. The molecule has 0 aromatic heterocycles. The Bertz CT molecular complexity index is 663. The molecule has 0 atom stereocenters. The van der Waals surface area contributed by atoms with Gasteiger partial charge in [0, 0.05) is 16.8 Å². The predicted molar refractivity (Wildman–Crippen MR) is 79.6 cm³/mol. The Kier molecular flexibility index (Phi) is 4.15. The summed E-state index contributed by atoms with van der Waals surface area (Å²) in [6.45, 7) is 3.64. The van der Waals surface area contributed by atoms with Crippen LogP contribution in [0.4, 0.5) is 5.69 Å². The maximum atomic E-state index is 12.1. The van der Waals surface area contributed by atoms with Crippen molar-refractivity contribution in [3.8, 4) is 0 Å². The molecule has 0 saturated carbocycles. The fourth-order valence-electron chi connectivity index (χ4n) is 1.87. The SMILES string of the molecule is C/C(=N\O)c1cccc(NC(=O)c2cccc(C)c2)c1. The van der Waals surface area contributed by atoms with Crippen molar-refractivity contribution >= 4 is 17.3 Å². The number of carbonyl (C=O) groups excluding carboxylic acids is 1. The second-order valence-corrected chi connectivity index (χ2v) is 4.59. The highest BCUT2D eigenvalue weighted by molar-refractivity contribution is 6.05. The molecule has 0 aliphatic carbocycles. The number of nitrogens with one attached hydrogen (secondary N) is 1. The maximum absolute atomic E-state index is 12.1. The second kappa shape index (κ2) is 6.02. The molecule has 0 aliphatic rings. The number of aryl methyl sites for hydroxylation is 1. The Balaban J connectivity index is 2.20. The summed E-state index contributed by atoms with van der Waals surface area (Å²) in [6.07, 6.45) is 0. The van der Waals surface area contributed by atoms with Crippen LogP contribution in [0.15, 0.2) is 53.7 Å². The van der Waals surface area contributed by atoms with E-state index in [4.69, 9.17) is 5.21 Å². The van der Waals surface area contributed by atoms with Crippen molar-refractivity contribution in [2.24, 2.45) is 5.16 Å². The Morgan fingerprint density at radius 2 is 1.80 bits per heavy atom. The molecule has 20 heavy (non-hydrogen) atoms. The number of rotatable bonds is 3. The average Bonchev–Trinajstić information content (AvgIpc) is 2.46. The molecule has 4 heteroatoms. The molecule has 2 aromatic carbocycles. The van der Waals surface area contributed by atoms with Crippen LogP contribution in [0.1, 0.15) is 28.4 Å². The van der Waals surface area contributed by atoms with Gasteiger partial charge in [-0.25, -0.2) is 0 Å². The number of amides is 1. The van der Waals surface area contributed by atoms with Crippen molar-refractivity contribution in [3.05, 3.63) is 65.2 Å². The first-order chi connectivity index (χ1) is 9.60. The molecule has 0 radical (unpaired) electrons. The van der Waals surface area contributed by atoms with Crippen LogP contribution in [0.5, 0.6) is 0 Å². The van der Waals surface area contributed by atoms with Gasteiger partial charge in [0.15, 0.2) is 0 Å². The summed E-state index contributed by atoms with van der Waals surface area (Å²) >= 11 is 0. The largest absolute Gasteiger partial charge is 0.411 e. The van der Waals surface area contributed by atoms with E-state index in [1.807, 2.05) is 31.2 Å². The molecule has 0 saturated heterocycles. The first-order valence-electron chi connectivity index (χ1n) is 6.27. The summed E-state index contributed by atoms with van der Waals surface area (Å²) < 4.78 is 0. The van der Waals surface area contributed by atoms with E-state index in [1.165, 1.54) is 0 Å². The van der Waals surface area contributed by atoms with Gasteiger partial charge in [0.1, 0.15) is 0 Å². The Morgan fingerprint density at radius 3 is 2.50 bits per heavy atom. The van der Waals surface area contributed by atoms with Gasteiger partial charge in [-0.1, -0.05) is 35.0 Å². The third-order valence-electron chi connectivity index (χ3n) is 2.97. The smallest absolute Gasteiger partial charge is 0.255 e. The Hall–Kier alpha value is -2.62. The normalized spacial score (nSPS) is 11.2. The molecule has 2 aromatic rings. The van der Waals surface area contributed by atoms with Crippen LogP contribution in [-0.4, -0.2) is 16.8 Å². The lowest BCUT2D eigenvalue weighted by atomic mass is 10.1. The third kappa shape index (κ3) is 3.23. The first kappa shape index (κ1) is 13.8. The predicted octanol–water partition coefficient (Wildman–Crippen LogP) is 3.45. The zero-order valence-electron chi connectivity index (χ0n) is 11.4. The van der Waals surface area contributed by atoms with E-state index in [0.29, 0.717) is 17.0 Å². The summed E-state index contributed by atoms with van der Waals surface area (Å²) in [5, 5.41) is 14.8. The van der Waals surface area contributed by atoms with Gasteiger partial charge in [-0.05, 0) is 38.1 Å². The van der Waals surface area contributed by atoms with Gasteiger partial charge < -0.3 is 10.5 Å². The van der Waals surface area contributed by atoms with Crippen molar-refractivity contribution in [2.75, 3.05) is 5.32 Å². The highest BCUT2D eigenvalue weighted by atomic mass is 16.4. The summed E-state index contributed by atoms with van der Waals surface area (Å²) in [5.41, 5.74) is 3.57. The zero-order chi connectivity index (χ0) is 14.5. The van der Waals surface area contributed by atoms with E-state index in [9.17, 15) is 4.79 Å². The van der Waals surface area contributed by atoms with Crippen molar-refractivity contribution in [1.82, 2.24) is 0 Å². The molecule has 2 N–H and O–H groups in total. The maximum Gasteiger partial charge on any atom is 0.255 e. The topological polar surface area (TPSA) is 61.7 Å². The van der Waals surface area contributed by atoms with Crippen LogP contribution < -0.4 is 5.32 Å². The third-order valence-corrected chi connectivity index (χ3v) is 2.97. The van der Waals surface area contributed by atoms with Crippen molar-refractivity contribution in [2.45, 2.75) is 13.8 Å². The quantitative estimate of drug-likeness (QED) is 0.509. The fourth-order valence-corrected chi connectivity index (χ4v) is 1.87. The monoisotopic (exact) mass is 268 g/mol. The lowest BCUT2D eigenvalue weighted by Gasteiger charge is -2.07. The molecule has 4 nitrogen and oxygen atoms in total. The van der Waals surface area contributed by atoms with Crippen molar-refractivity contribution in [1.29, 1.82) is 0 Å². The summed E-state index contributed by atoms with van der Waals surface area (Å²) in [5.74, 6) is -0.163. The molecule has 0 spiro atoms. The van der Waals surface area contributed by atoms with Gasteiger partial charge in [0.2, 0.25) is 0 Å². The molecular weight excluding hydrogens is 252 g/mol. The van der Waals surface area contributed by atoms with Crippen LogP contribution in [0.2, 0.25) is 0 Å². The molecule has 2 rings (SSSR count). The lowest BCUT2D eigenvalue weighted by Crippen LogP contribution is -2.12. The van der Waals surface area contributed by atoms with Gasteiger partial charge in [-0.15, -0.1) is 0 Å². The molecule has 0 fully saturated rings. The van der Waals surface area contributed by atoms with Gasteiger partial charge in [-0.2, -0.15) is 0 Å². The molecule has 0 unspecified atom stereocenters. The summed E-state index contributed by atoms with van der Waals surface area (Å²) in [6, 6.07) is 14.6. The molecule has 0 heterocycles.